The summed E-state index contributed by atoms with van der Waals surface area (Å²) in [5, 5.41) is 20.5. The van der Waals surface area contributed by atoms with Gasteiger partial charge in [-0.05, 0) is 62.8 Å². The molecule has 1 aromatic carbocycles. The summed E-state index contributed by atoms with van der Waals surface area (Å²) in [6.45, 7) is 3.51. The van der Waals surface area contributed by atoms with Crippen molar-refractivity contribution in [1.82, 2.24) is 4.90 Å². The van der Waals surface area contributed by atoms with E-state index in [1.807, 2.05) is 24.3 Å². The van der Waals surface area contributed by atoms with Gasteiger partial charge in [0.25, 0.3) is 5.91 Å². The van der Waals surface area contributed by atoms with Gasteiger partial charge in [0.15, 0.2) is 0 Å². The Hall–Kier alpha value is -1.63. The van der Waals surface area contributed by atoms with E-state index in [0.717, 1.165) is 19.5 Å². The number of methoxy groups -OCH3 is 1. The summed E-state index contributed by atoms with van der Waals surface area (Å²) < 4.78 is 5.11. The lowest BCUT2D eigenvalue weighted by molar-refractivity contribution is -0.0745. The third-order valence-corrected chi connectivity index (χ3v) is 6.35. The Morgan fingerprint density at radius 1 is 1.18 bits per heavy atom. The molecule has 2 heterocycles. The van der Waals surface area contributed by atoms with E-state index in [1.54, 1.807) is 12.0 Å². The van der Waals surface area contributed by atoms with Gasteiger partial charge in [0, 0.05) is 56.6 Å². The van der Waals surface area contributed by atoms with Crippen LogP contribution in [0.15, 0.2) is 24.3 Å². The molecule has 0 spiro atoms. The zero-order valence-corrected chi connectivity index (χ0v) is 17.0. The van der Waals surface area contributed by atoms with E-state index in [-0.39, 0.29) is 12.5 Å². The Morgan fingerprint density at radius 3 is 2.54 bits per heavy atom. The second kappa shape index (κ2) is 9.72. The molecule has 156 valence electrons. The molecule has 3 rings (SSSR count). The molecule has 0 unspecified atom stereocenters. The van der Waals surface area contributed by atoms with Crippen molar-refractivity contribution in [2.45, 2.75) is 44.6 Å². The average Bonchev–Trinajstić information content (AvgIpc) is 2.75. The predicted molar refractivity (Wildman–Crippen MR) is 110 cm³/mol. The number of piperidine rings is 2. The van der Waals surface area contributed by atoms with Crippen molar-refractivity contribution in [1.29, 1.82) is 0 Å². The number of hydrogen-bond acceptors (Lipinski definition) is 5. The van der Waals surface area contributed by atoms with Gasteiger partial charge in [0.2, 0.25) is 0 Å². The van der Waals surface area contributed by atoms with Crippen LogP contribution in [0.5, 0.6) is 0 Å². The van der Waals surface area contributed by atoms with Crippen molar-refractivity contribution in [2.75, 3.05) is 51.4 Å². The molecule has 1 amide bonds. The standard InChI is InChI=1S/C22H34N2O4/c1-28-15-5-11-22(17-25)16-24(14-10-20(22)26)21(27)18-6-8-19(9-7-18)23-12-3-2-4-13-23/h6-9,20,25-26H,2-5,10-17H2,1H3/t20-,22+/m1/s1. The van der Waals surface area contributed by atoms with Gasteiger partial charge in [-0.2, -0.15) is 0 Å². The molecule has 6 heteroatoms. The molecule has 2 N–H and O–H groups in total. The Bertz CT molecular complexity index is 630. The zero-order valence-electron chi connectivity index (χ0n) is 17.0. The van der Waals surface area contributed by atoms with Crippen LogP contribution in [0.2, 0.25) is 0 Å². The first kappa shape index (κ1) is 21.1. The van der Waals surface area contributed by atoms with Gasteiger partial charge in [-0.25, -0.2) is 0 Å². The van der Waals surface area contributed by atoms with Crippen molar-refractivity contribution in [3.8, 4) is 0 Å². The van der Waals surface area contributed by atoms with Gasteiger partial charge in [0.1, 0.15) is 0 Å². The lowest BCUT2D eigenvalue weighted by atomic mass is 9.74. The number of aliphatic hydroxyl groups is 2. The normalized spacial score (nSPS) is 25.8. The Balaban J connectivity index is 1.67. The highest BCUT2D eigenvalue weighted by Gasteiger charge is 2.43. The first-order valence-corrected chi connectivity index (χ1v) is 10.5. The molecule has 1 aromatic rings. The molecular formula is C22H34N2O4. The van der Waals surface area contributed by atoms with Gasteiger partial charge in [0.05, 0.1) is 12.7 Å². The number of carbonyl (C=O) groups excluding carboxylic acids is 1. The SMILES string of the molecule is COCCC[C@@]1(CO)CN(C(=O)c2ccc(N3CCCCC3)cc2)CC[C@H]1O. The van der Waals surface area contributed by atoms with Crippen LogP contribution in [0.3, 0.4) is 0 Å². The molecule has 2 aliphatic rings. The molecular weight excluding hydrogens is 356 g/mol. The summed E-state index contributed by atoms with van der Waals surface area (Å²) in [4.78, 5) is 17.2. The van der Waals surface area contributed by atoms with Gasteiger partial charge < -0.3 is 24.7 Å². The highest BCUT2D eigenvalue weighted by Crippen LogP contribution is 2.35. The van der Waals surface area contributed by atoms with E-state index in [0.29, 0.717) is 38.1 Å². The number of benzene rings is 1. The van der Waals surface area contributed by atoms with Crippen molar-refractivity contribution in [3.63, 3.8) is 0 Å². The number of nitrogens with zero attached hydrogens (tertiary/aromatic N) is 2. The van der Waals surface area contributed by atoms with Crippen LogP contribution >= 0.6 is 0 Å². The summed E-state index contributed by atoms with van der Waals surface area (Å²) in [5.74, 6) is -0.0262. The second-order valence-electron chi connectivity index (χ2n) is 8.24. The van der Waals surface area contributed by atoms with Crippen LogP contribution < -0.4 is 4.90 Å². The number of amides is 1. The van der Waals surface area contributed by atoms with Crippen molar-refractivity contribution >= 4 is 11.6 Å². The minimum absolute atomic E-state index is 0.0262. The van der Waals surface area contributed by atoms with Crippen LogP contribution in [0, 0.1) is 5.41 Å². The highest BCUT2D eigenvalue weighted by molar-refractivity contribution is 5.94. The first-order chi connectivity index (χ1) is 13.6. The van der Waals surface area contributed by atoms with Crippen LogP contribution in [0.25, 0.3) is 0 Å². The summed E-state index contributed by atoms with van der Waals surface area (Å²) in [5.41, 5.74) is 1.18. The fraction of sp³-hybridized carbons (Fsp3) is 0.682. The fourth-order valence-electron chi connectivity index (χ4n) is 4.52. The van der Waals surface area contributed by atoms with Crippen LogP contribution in [-0.2, 0) is 4.74 Å². The molecule has 2 saturated heterocycles. The Morgan fingerprint density at radius 2 is 1.89 bits per heavy atom. The van der Waals surface area contributed by atoms with E-state index < -0.39 is 11.5 Å². The molecule has 6 nitrogen and oxygen atoms in total. The predicted octanol–water partition coefficient (Wildman–Crippen LogP) is 2.29. The van der Waals surface area contributed by atoms with Crippen LogP contribution in [0.1, 0.15) is 48.9 Å². The second-order valence-corrected chi connectivity index (χ2v) is 8.24. The molecule has 0 aromatic heterocycles. The number of likely N-dealkylation sites (tertiary alicyclic amines) is 1. The third-order valence-electron chi connectivity index (χ3n) is 6.35. The minimum atomic E-state index is -0.666. The van der Waals surface area contributed by atoms with E-state index >= 15 is 0 Å². The molecule has 28 heavy (non-hydrogen) atoms. The smallest absolute Gasteiger partial charge is 0.253 e. The van der Waals surface area contributed by atoms with Crippen LogP contribution in [0.4, 0.5) is 5.69 Å². The Kier molecular flexibility index (Phi) is 7.32. The monoisotopic (exact) mass is 390 g/mol. The summed E-state index contributed by atoms with van der Waals surface area (Å²) in [6, 6.07) is 7.89. The third kappa shape index (κ3) is 4.67. The van der Waals surface area contributed by atoms with Gasteiger partial charge in [-0.3, -0.25) is 4.79 Å². The molecule has 2 aliphatic heterocycles. The van der Waals surface area contributed by atoms with Gasteiger partial charge >= 0.3 is 0 Å². The molecule has 2 fully saturated rings. The summed E-state index contributed by atoms with van der Waals surface area (Å²) >= 11 is 0. The lowest BCUT2D eigenvalue weighted by Crippen LogP contribution is -2.55. The van der Waals surface area contributed by atoms with E-state index in [1.165, 1.54) is 24.9 Å². The fourth-order valence-corrected chi connectivity index (χ4v) is 4.52. The number of rotatable bonds is 7. The van der Waals surface area contributed by atoms with Gasteiger partial charge in [-0.1, -0.05) is 0 Å². The van der Waals surface area contributed by atoms with E-state index in [2.05, 4.69) is 4.90 Å². The summed E-state index contributed by atoms with van der Waals surface area (Å²) in [6.07, 6.45) is 5.03. The quantitative estimate of drug-likeness (QED) is 0.699. The number of ether oxygens (including phenoxy) is 1. The molecule has 0 aliphatic carbocycles. The number of hydrogen-bond donors (Lipinski definition) is 2. The van der Waals surface area contributed by atoms with Crippen LogP contribution in [-0.4, -0.2) is 73.6 Å². The number of anilines is 1. The molecule has 0 radical (unpaired) electrons. The van der Waals surface area contributed by atoms with Gasteiger partial charge in [-0.15, -0.1) is 0 Å². The van der Waals surface area contributed by atoms with Crippen molar-refractivity contribution < 1.29 is 19.7 Å². The number of carbonyl (C=O) groups is 1. The van der Waals surface area contributed by atoms with E-state index in [9.17, 15) is 15.0 Å². The largest absolute Gasteiger partial charge is 0.396 e. The molecule has 0 saturated carbocycles. The maximum absolute atomic E-state index is 13.1. The molecule has 2 atom stereocenters. The van der Waals surface area contributed by atoms with Crippen molar-refractivity contribution in [2.24, 2.45) is 5.41 Å². The summed E-state index contributed by atoms with van der Waals surface area (Å²) in [7, 11) is 1.65. The first-order valence-electron chi connectivity index (χ1n) is 10.5. The minimum Gasteiger partial charge on any atom is -0.396 e. The Labute approximate surface area is 168 Å². The maximum Gasteiger partial charge on any atom is 0.253 e. The van der Waals surface area contributed by atoms with Crippen molar-refractivity contribution in [3.05, 3.63) is 29.8 Å². The average molecular weight is 391 g/mol. The molecule has 0 bridgehead atoms. The maximum atomic E-state index is 13.1. The topological polar surface area (TPSA) is 73.2 Å². The zero-order chi connectivity index (χ0) is 20.0. The number of aliphatic hydroxyl groups excluding tert-OH is 2. The highest BCUT2D eigenvalue weighted by atomic mass is 16.5. The van der Waals surface area contributed by atoms with E-state index in [4.69, 9.17) is 4.74 Å². The lowest BCUT2D eigenvalue weighted by Gasteiger charge is -2.45.